The SMILES string of the molecule is OCCc1nc(-c2ccccc2)oc1-c1ccccc1. The Balaban J connectivity index is 2.08. The molecule has 0 amide bonds. The maximum absolute atomic E-state index is 9.19. The van der Waals surface area contributed by atoms with Crippen molar-refractivity contribution in [2.45, 2.75) is 6.42 Å². The van der Waals surface area contributed by atoms with E-state index in [9.17, 15) is 5.11 Å². The number of aromatic nitrogens is 1. The summed E-state index contributed by atoms with van der Waals surface area (Å²) < 4.78 is 5.92. The Bertz CT molecular complexity index is 675. The molecular weight excluding hydrogens is 250 g/mol. The maximum Gasteiger partial charge on any atom is 0.227 e. The minimum Gasteiger partial charge on any atom is -0.436 e. The van der Waals surface area contributed by atoms with E-state index in [0.29, 0.717) is 12.3 Å². The van der Waals surface area contributed by atoms with E-state index < -0.39 is 0 Å². The van der Waals surface area contributed by atoms with Gasteiger partial charge in [0, 0.05) is 24.2 Å². The summed E-state index contributed by atoms with van der Waals surface area (Å²) in [6, 6.07) is 19.6. The van der Waals surface area contributed by atoms with Crippen molar-refractivity contribution in [1.29, 1.82) is 0 Å². The van der Waals surface area contributed by atoms with Gasteiger partial charge in [-0.2, -0.15) is 0 Å². The Kier molecular flexibility index (Phi) is 3.61. The van der Waals surface area contributed by atoms with Gasteiger partial charge in [0.2, 0.25) is 5.89 Å². The molecule has 0 atom stereocenters. The van der Waals surface area contributed by atoms with E-state index in [2.05, 4.69) is 4.98 Å². The molecule has 0 spiro atoms. The second-order valence-electron chi connectivity index (χ2n) is 4.50. The minimum absolute atomic E-state index is 0.0561. The monoisotopic (exact) mass is 265 g/mol. The fourth-order valence-electron chi connectivity index (χ4n) is 2.15. The van der Waals surface area contributed by atoms with Gasteiger partial charge < -0.3 is 9.52 Å². The van der Waals surface area contributed by atoms with E-state index in [1.807, 2.05) is 60.7 Å². The molecule has 0 fully saturated rings. The number of aliphatic hydroxyl groups is 1. The van der Waals surface area contributed by atoms with Crippen molar-refractivity contribution in [3.8, 4) is 22.8 Å². The molecule has 0 unspecified atom stereocenters. The van der Waals surface area contributed by atoms with E-state index in [1.54, 1.807) is 0 Å². The second-order valence-corrected chi connectivity index (χ2v) is 4.50. The topological polar surface area (TPSA) is 46.3 Å². The van der Waals surface area contributed by atoms with Crippen LogP contribution in [0.5, 0.6) is 0 Å². The van der Waals surface area contributed by atoms with Gasteiger partial charge in [0.25, 0.3) is 0 Å². The lowest BCUT2D eigenvalue weighted by Crippen LogP contribution is -1.93. The molecule has 0 aliphatic rings. The molecule has 1 aromatic heterocycles. The van der Waals surface area contributed by atoms with Crippen LogP contribution >= 0.6 is 0 Å². The molecule has 0 saturated heterocycles. The number of hydrogen-bond donors (Lipinski definition) is 1. The van der Waals surface area contributed by atoms with Crippen LogP contribution in [0.3, 0.4) is 0 Å². The highest BCUT2D eigenvalue weighted by Gasteiger charge is 2.15. The van der Waals surface area contributed by atoms with E-state index in [4.69, 9.17) is 4.42 Å². The van der Waals surface area contributed by atoms with E-state index in [-0.39, 0.29) is 6.61 Å². The molecule has 20 heavy (non-hydrogen) atoms. The van der Waals surface area contributed by atoms with Crippen LogP contribution in [0.1, 0.15) is 5.69 Å². The number of benzene rings is 2. The molecule has 0 aliphatic carbocycles. The van der Waals surface area contributed by atoms with Crippen LogP contribution in [0, 0.1) is 0 Å². The Morgan fingerprint density at radius 3 is 2.05 bits per heavy atom. The molecule has 100 valence electrons. The standard InChI is InChI=1S/C17H15NO2/c19-12-11-15-16(13-7-3-1-4-8-13)20-17(18-15)14-9-5-2-6-10-14/h1-10,19H,11-12H2. The van der Waals surface area contributed by atoms with Gasteiger partial charge in [-0.25, -0.2) is 4.98 Å². The molecule has 1 heterocycles. The van der Waals surface area contributed by atoms with Crippen LogP contribution in [-0.4, -0.2) is 16.7 Å². The lowest BCUT2D eigenvalue weighted by Gasteiger charge is -1.98. The van der Waals surface area contributed by atoms with Gasteiger partial charge in [0.1, 0.15) is 0 Å². The fraction of sp³-hybridized carbons (Fsp3) is 0.118. The summed E-state index contributed by atoms with van der Waals surface area (Å²) in [6.07, 6.45) is 0.487. The van der Waals surface area contributed by atoms with Crippen LogP contribution in [0.2, 0.25) is 0 Å². The van der Waals surface area contributed by atoms with Crippen molar-refractivity contribution in [2.24, 2.45) is 0 Å². The average molecular weight is 265 g/mol. The van der Waals surface area contributed by atoms with E-state index in [0.717, 1.165) is 22.6 Å². The van der Waals surface area contributed by atoms with Crippen LogP contribution in [0.4, 0.5) is 0 Å². The van der Waals surface area contributed by atoms with Gasteiger partial charge in [0.05, 0.1) is 5.69 Å². The number of aliphatic hydroxyl groups excluding tert-OH is 1. The fourth-order valence-corrected chi connectivity index (χ4v) is 2.15. The van der Waals surface area contributed by atoms with E-state index >= 15 is 0 Å². The lowest BCUT2D eigenvalue weighted by molar-refractivity contribution is 0.298. The quantitative estimate of drug-likeness (QED) is 0.784. The largest absolute Gasteiger partial charge is 0.436 e. The highest BCUT2D eigenvalue weighted by Crippen LogP contribution is 2.29. The molecule has 3 rings (SSSR count). The summed E-state index contributed by atoms with van der Waals surface area (Å²) in [5, 5.41) is 9.19. The minimum atomic E-state index is 0.0561. The van der Waals surface area contributed by atoms with Crippen molar-refractivity contribution < 1.29 is 9.52 Å². The highest BCUT2D eigenvalue weighted by molar-refractivity contribution is 5.64. The van der Waals surface area contributed by atoms with Crippen molar-refractivity contribution in [3.05, 3.63) is 66.4 Å². The zero-order valence-electron chi connectivity index (χ0n) is 11.0. The molecule has 0 radical (unpaired) electrons. The van der Waals surface area contributed by atoms with Gasteiger partial charge in [-0.3, -0.25) is 0 Å². The molecule has 0 aliphatic heterocycles. The summed E-state index contributed by atoms with van der Waals surface area (Å²) in [5.41, 5.74) is 2.71. The van der Waals surface area contributed by atoms with Crippen molar-refractivity contribution in [1.82, 2.24) is 4.98 Å². The zero-order valence-corrected chi connectivity index (χ0v) is 11.0. The first-order chi connectivity index (χ1) is 9.88. The van der Waals surface area contributed by atoms with Crippen molar-refractivity contribution in [2.75, 3.05) is 6.61 Å². The van der Waals surface area contributed by atoms with Gasteiger partial charge in [0.15, 0.2) is 5.76 Å². The molecule has 0 saturated carbocycles. The van der Waals surface area contributed by atoms with Crippen LogP contribution < -0.4 is 0 Å². The third-order valence-corrected chi connectivity index (χ3v) is 3.10. The molecule has 1 N–H and O–H groups in total. The van der Waals surface area contributed by atoms with Gasteiger partial charge in [-0.15, -0.1) is 0 Å². The van der Waals surface area contributed by atoms with Gasteiger partial charge in [-0.05, 0) is 12.1 Å². The van der Waals surface area contributed by atoms with Crippen molar-refractivity contribution >= 4 is 0 Å². The predicted octanol–water partition coefficient (Wildman–Crippen LogP) is 3.54. The summed E-state index contributed by atoms with van der Waals surface area (Å²) >= 11 is 0. The maximum atomic E-state index is 9.19. The van der Waals surface area contributed by atoms with E-state index in [1.165, 1.54) is 0 Å². The summed E-state index contributed by atoms with van der Waals surface area (Å²) in [7, 11) is 0. The van der Waals surface area contributed by atoms with Crippen molar-refractivity contribution in [3.63, 3.8) is 0 Å². The first kappa shape index (κ1) is 12.6. The first-order valence-corrected chi connectivity index (χ1v) is 6.60. The third-order valence-electron chi connectivity index (χ3n) is 3.10. The molecule has 3 aromatic rings. The highest BCUT2D eigenvalue weighted by atomic mass is 16.4. The van der Waals surface area contributed by atoms with Crippen LogP contribution in [-0.2, 0) is 6.42 Å². The normalized spacial score (nSPS) is 10.7. The number of nitrogens with zero attached hydrogens (tertiary/aromatic N) is 1. The smallest absolute Gasteiger partial charge is 0.227 e. The average Bonchev–Trinajstić information content (AvgIpc) is 2.94. The molecule has 2 aromatic carbocycles. The Morgan fingerprint density at radius 2 is 1.45 bits per heavy atom. The third kappa shape index (κ3) is 2.49. The first-order valence-electron chi connectivity index (χ1n) is 6.60. The number of oxazole rings is 1. The predicted molar refractivity (Wildman–Crippen MR) is 78.2 cm³/mol. The Morgan fingerprint density at radius 1 is 0.850 bits per heavy atom. The van der Waals surface area contributed by atoms with Gasteiger partial charge in [-0.1, -0.05) is 48.5 Å². The van der Waals surface area contributed by atoms with Crippen LogP contribution in [0.25, 0.3) is 22.8 Å². The van der Waals surface area contributed by atoms with Crippen LogP contribution in [0.15, 0.2) is 65.1 Å². The number of rotatable bonds is 4. The number of hydrogen-bond acceptors (Lipinski definition) is 3. The summed E-state index contributed by atoms with van der Waals surface area (Å²) in [5.74, 6) is 1.33. The second kappa shape index (κ2) is 5.72. The molecule has 3 heteroatoms. The zero-order chi connectivity index (χ0) is 13.8. The summed E-state index contributed by atoms with van der Waals surface area (Å²) in [4.78, 5) is 4.52. The summed E-state index contributed by atoms with van der Waals surface area (Å²) in [6.45, 7) is 0.0561. The Hall–Kier alpha value is -2.39. The molecule has 0 bridgehead atoms. The molecule has 3 nitrogen and oxygen atoms in total. The Labute approximate surface area is 117 Å². The lowest BCUT2D eigenvalue weighted by atomic mass is 10.1. The van der Waals surface area contributed by atoms with Gasteiger partial charge >= 0.3 is 0 Å². The molecular formula is C17H15NO2.